The van der Waals surface area contributed by atoms with Crippen LogP contribution < -0.4 is 15.4 Å². The van der Waals surface area contributed by atoms with E-state index in [1.54, 1.807) is 19.2 Å². The molecule has 1 aromatic heterocycles. The lowest BCUT2D eigenvalue weighted by Gasteiger charge is -2.10. The number of ether oxygens (including phenoxy) is 1. The summed E-state index contributed by atoms with van der Waals surface area (Å²) < 4.78 is 5.31. The average Bonchev–Trinajstić information content (AvgIpc) is 2.60. The van der Waals surface area contributed by atoms with Crippen molar-refractivity contribution in [2.75, 3.05) is 19.0 Å². The maximum absolute atomic E-state index is 11.9. The smallest absolute Gasteiger partial charge is 0.271 e. The van der Waals surface area contributed by atoms with Crippen LogP contribution in [0.3, 0.4) is 0 Å². The third kappa shape index (κ3) is 5.22. The summed E-state index contributed by atoms with van der Waals surface area (Å²) in [6.45, 7) is 5.45. The lowest BCUT2D eigenvalue weighted by Crippen LogP contribution is -2.26. The van der Waals surface area contributed by atoms with Crippen LogP contribution in [0.4, 0.5) is 5.82 Å². The summed E-state index contributed by atoms with van der Waals surface area (Å²) in [7, 11) is 1.64. The maximum Gasteiger partial charge on any atom is 0.271 e. The lowest BCUT2D eigenvalue weighted by molar-refractivity contribution is 0.0946. The van der Waals surface area contributed by atoms with Gasteiger partial charge in [0.1, 0.15) is 11.6 Å². The molecular weight excluding hydrogens is 304 g/mol. The van der Waals surface area contributed by atoms with Crippen LogP contribution in [0.25, 0.3) is 0 Å². The Morgan fingerprint density at radius 3 is 2.62 bits per heavy atom. The van der Waals surface area contributed by atoms with Crippen LogP contribution >= 0.6 is 0 Å². The van der Waals surface area contributed by atoms with Gasteiger partial charge in [0.2, 0.25) is 0 Å². The van der Waals surface area contributed by atoms with E-state index in [-0.39, 0.29) is 5.91 Å². The Morgan fingerprint density at radius 2 is 1.96 bits per heavy atom. The normalized spacial score (nSPS) is 10.5. The van der Waals surface area contributed by atoms with Crippen molar-refractivity contribution in [3.63, 3.8) is 0 Å². The van der Waals surface area contributed by atoms with E-state index in [9.17, 15) is 4.79 Å². The highest BCUT2D eigenvalue weighted by Crippen LogP contribution is 2.18. The van der Waals surface area contributed by atoms with Gasteiger partial charge in [0, 0.05) is 18.7 Å². The second kappa shape index (κ2) is 8.86. The van der Waals surface area contributed by atoms with Crippen LogP contribution in [-0.2, 0) is 6.54 Å². The molecule has 24 heavy (non-hydrogen) atoms. The van der Waals surface area contributed by atoms with E-state index < -0.39 is 0 Å². The molecule has 1 aromatic carbocycles. The minimum absolute atomic E-state index is 0.195. The van der Waals surface area contributed by atoms with Crippen LogP contribution in [-0.4, -0.2) is 29.8 Å². The van der Waals surface area contributed by atoms with Crippen molar-refractivity contribution in [2.45, 2.75) is 26.8 Å². The molecule has 2 N–H and O–H groups in total. The first-order valence-corrected chi connectivity index (χ1v) is 8.08. The number of carbonyl (C=O) groups excluding carboxylic acids is 1. The van der Waals surface area contributed by atoms with Gasteiger partial charge in [-0.15, -0.1) is 10.2 Å². The number of nitrogens with one attached hydrogen (secondary N) is 2. The van der Waals surface area contributed by atoms with Gasteiger partial charge in [-0.25, -0.2) is 0 Å². The third-order valence-electron chi connectivity index (χ3n) is 3.56. The van der Waals surface area contributed by atoms with E-state index in [1.807, 2.05) is 24.3 Å². The Hall–Kier alpha value is -2.63. The van der Waals surface area contributed by atoms with Crippen LogP contribution in [0.2, 0.25) is 0 Å². The van der Waals surface area contributed by atoms with Gasteiger partial charge in [0.25, 0.3) is 5.91 Å². The summed E-state index contributed by atoms with van der Waals surface area (Å²) in [5.74, 6) is 1.79. The van der Waals surface area contributed by atoms with Crippen molar-refractivity contribution in [3.8, 4) is 5.75 Å². The van der Waals surface area contributed by atoms with Crippen molar-refractivity contribution in [2.24, 2.45) is 5.92 Å². The van der Waals surface area contributed by atoms with Crippen molar-refractivity contribution in [1.82, 2.24) is 15.5 Å². The molecule has 0 atom stereocenters. The molecule has 1 heterocycles. The summed E-state index contributed by atoms with van der Waals surface area (Å²) in [4.78, 5) is 11.9. The Balaban J connectivity index is 1.89. The first-order chi connectivity index (χ1) is 11.6. The molecule has 0 fully saturated rings. The number of aromatic nitrogens is 2. The summed E-state index contributed by atoms with van der Waals surface area (Å²) in [5, 5.41) is 14.0. The molecule has 0 saturated heterocycles. The third-order valence-corrected chi connectivity index (χ3v) is 3.56. The Morgan fingerprint density at radius 1 is 1.17 bits per heavy atom. The van der Waals surface area contributed by atoms with Gasteiger partial charge >= 0.3 is 0 Å². The summed E-state index contributed by atoms with van der Waals surface area (Å²) in [5.41, 5.74) is 1.35. The number of hydrogen-bond acceptors (Lipinski definition) is 5. The first kappa shape index (κ1) is 17.7. The van der Waals surface area contributed by atoms with Crippen LogP contribution in [0, 0.1) is 5.92 Å². The molecule has 2 rings (SSSR count). The number of para-hydroxylation sites is 1. The van der Waals surface area contributed by atoms with Gasteiger partial charge in [0.05, 0.1) is 7.11 Å². The number of benzene rings is 1. The van der Waals surface area contributed by atoms with Gasteiger partial charge in [-0.1, -0.05) is 32.0 Å². The number of carbonyl (C=O) groups is 1. The van der Waals surface area contributed by atoms with Crippen LogP contribution in [0.5, 0.6) is 5.75 Å². The fraction of sp³-hybridized carbons (Fsp3) is 0.389. The summed E-state index contributed by atoms with van der Waals surface area (Å²) in [6.07, 6.45) is 0.942. The van der Waals surface area contributed by atoms with E-state index in [2.05, 4.69) is 34.7 Å². The topological polar surface area (TPSA) is 76.1 Å². The zero-order valence-corrected chi connectivity index (χ0v) is 14.4. The molecule has 0 bridgehead atoms. The second-order valence-corrected chi connectivity index (χ2v) is 5.91. The minimum Gasteiger partial charge on any atom is -0.496 e. The van der Waals surface area contributed by atoms with E-state index in [4.69, 9.17) is 4.74 Å². The van der Waals surface area contributed by atoms with Crippen LogP contribution in [0.1, 0.15) is 36.3 Å². The van der Waals surface area contributed by atoms with Gasteiger partial charge in [0.15, 0.2) is 5.69 Å². The van der Waals surface area contributed by atoms with Gasteiger partial charge < -0.3 is 15.4 Å². The standard InChI is InChI=1S/C18H24N4O2/c1-13(2)10-11-19-18(23)15-8-9-17(22-21-15)20-12-14-6-4-5-7-16(14)24-3/h4-9,13H,10-12H2,1-3H3,(H,19,23)(H,20,22). The number of nitrogens with zero attached hydrogens (tertiary/aromatic N) is 2. The van der Waals surface area contributed by atoms with Gasteiger partial charge in [-0.05, 0) is 30.5 Å². The van der Waals surface area contributed by atoms with E-state index in [0.717, 1.165) is 17.7 Å². The van der Waals surface area contributed by atoms with E-state index in [1.165, 1.54) is 0 Å². The fourth-order valence-corrected chi connectivity index (χ4v) is 2.15. The number of amides is 1. The number of rotatable bonds is 8. The molecule has 2 aromatic rings. The zero-order valence-electron chi connectivity index (χ0n) is 14.4. The van der Waals surface area contributed by atoms with Crippen LogP contribution in [0.15, 0.2) is 36.4 Å². The Bertz CT molecular complexity index is 656. The molecular formula is C18H24N4O2. The minimum atomic E-state index is -0.195. The van der Waals surface area contributed by atoms with Crippen molar-refractivity contribution in [3.05, 3.63) is 47.7 Å². The molecule has 0 aliphatic carbocycles. The second-order valence-electron chi connectivity index (χ2n) is 5.91. The molecule has 6 heteroatoms. The number of methoxy groups -OCH3 is 1. The lowest BCUT2D eigenvalue weighted by atomic mass is 10.1. The molecule has 0 saturated carbocycles. The number of anilines is 1. The zero-order chi connectivity index (χ0) is 17.4. The molecule has 0 radical (unpaired) electrons. The van der Waals surface area contributed by atoms with Gasteiger partial charge in [-0.3, -0.25) is 4.79 Å². The summed E-state index contributed by atoms with van der Waals surface area (Å²) in [6, 6.07) is 11.2. The molecule has 0 aliphatic heterocycles. The quantitative estimate of drug-likeness (QED) is 0.779. The van der Waals surface area contributed by atoms with Crippen molar-refractivity contribution >= 4 is 11.7 Å². The highest BCUT2D eigenvalue weighted by atomic mass is 16.5. The molecule has 1 amide bonds. The maximum atomic E-state index is 11.9. The fourth-order valence-electron chi connectivity index (χ4n) is 2.15. The Kier molecular flexibility index (Phi) is 6.54. The van der Waals surface area contributed by atoms with Gasteiger partial charge in [-0.2, -0.15) is 0 Å². The Labute approximate surface area is 142 Å². The molecule has 6 nitrogen and oxygen atoms in total. The molecule has 0 spiro atoms. The molecule has 0 unspecified atom stereocenters. The predicted octanol–water partition coefficient (Wildman–Crippen LogP) is 2.87. The monoisotopic (exact) mass is 328 g/mol. The highest BCUT2D eigenvalue weighted by Gasteiger charge is 2.08. The molecule has 128 valence electrons. The first-order valence-electron chi connectivity index (χ1n) is 8.08. The SMILES string of the molecule is COc1ccccc1CNc1ccc(C(=O)NCCC(C)C)nn1. The van der Waals surface area contributed by atoms with E-state index in [0.29, 0.717) is 30.5 Å². The summed E-state index contributed by atoms with van der Waals surface area (Å²) >= 11 is 0. The van der Waals surface area contributed by atoms with Crippen molar-refractivity contribution < 1.29 is 9.53 Å². The van der Waals surface area contributed by atoms with E-state index >= 15 is 0 Å². The largest absolute Gasteiger partial charge is 0.496 e. The molecule has 0 aliphatic rings. The number of hydrogen-bond donors (Lipinski definition) is 2. The highest BCUT2D eigenvalue weighted by molar-refractivity contribution is 5.92. The van der Waals surface area contributed by atoms with Crippen molar-refractivity contribution in [1.29, 1.82) is 0 Å². The average molecular weight is 328 g/mol. The predicted molar refractivity (Wildman–Crippen MR) is 94.1 cm³/mol.